The van der Waals surface area contributed by atoms with E-state index >= 15 is 0 Å². The number of nitrogens with zero attached hydrogens (tertiary/aromatic N) is 3. The highest BCUT2D eigenvalue weighted by molar-refractivity contribution is 5.63. The van der Waals surface area contributed by atoms with Crippen LogP contribution in [0.4, 0.5) is 4.39 Å². The van der Waals surface area contributed by atoms with Gasteiger partial charge in [-0.15, -0.1) is 0 Å². The number of halogens is 1. The van der Waals surface area contributed by atoms with Gasteiger partial charge in [0.25, 0.3) is 0 Å². The van der Waals surface area contributed by atoms with E-state index in [0.717, 1.165) is 11.1 Å². The van der Waals surface area contributed by atoms with Crippen LogP contribution in [-0.2, 0) is 6.42 Å². The summed E-state index contributed by atoms with van der Waals surface area (Å²) in [5, 5.41) is 12.9. The SMILES string of the molecule is CC(C)n1cc(-c2cc(CC#N)ccc2F)cn1. The van der Waals surface area contributed by atoms with Crippen molar-refractivity contribution in [2.45, 2.75) is 26.3 Å². The summed E-state index contributed by atoms with van der Waals surface area (Å²) in [4.78, 5) is 0. The van der Waals surface area contributed by atoms with E-state index in [1.807, 2.05) is 20.0 Å². The average Bonchev–Trinajstić information content (AvgIpc) is 2.81. The number of rotatable bonds is 3. The van der Waals surface area contributed by atoms with E-state index in [0.29, 0.717) is 5.56 Å². The molecule has 92 valence electrons. The Morgan fingerprint density at radius 2 is 2.22 bits per heavy atom. The van der Waals surface area contributed by atoms with Gasteiger partial charge in [0.2, 0.25) is 0 Å². The van der Waals surface area contributed by atoms with Crippen molar-refractivity contribution >= 4 is 0 Å². The zero-order valence-corrected chi connectivity index (χ0v) is 10.4. The molecule has 0 atom stereocenters. The van der Waals surface area contributed by atoms with E-state index in [-0.39, 0.29) is 18.3 Å². The maximum atomic E-state index is 13.8. The van der Waals surface area contributed by atoms with Crippen LogP contribution in [-0.4, -0.2) is 9.78 Å². The Morgan fingerprint density at radius 1 is 1.44 bits per heavy atom. The minimum atomic E-state index is -0.292. The fraction of sp³-hybridized carbons (Fsp3) is 0.286. The Morgan fingerprint density at radius 3 is 2.83 bits per heavy atom. The van der Waals surface area contributed by atoms with Crippen molar-refractivity contribution in [1.29, 1.82) is 5.26 Å². The molecule has 2 rings (SSSR count). The molecule has 0 saturated heterocycles. The molecule has 0 N–H and O–H groups in total. The lowest BCUT2D eigenvalue weighted by molar-refractivity contribution is 0.532. The summed E-state index contributed by atoms with van der Waals surface area (Å²) in [6.45, 7) is 4.03. The van der Waals surface area contributed by atoms with Gasteiger partial charge in [-0.1, -0.05) is 6.07 Å². The summed E-state index contributed by atoms with van der Waals surface area (Å²) in [6.07, 6.45) is 3.75. The number of hydrogen-bond acceptors (Lipinski definition) is 2. The molecule has 0 spiro atoms. The Balaban J connectivity index is 2.42. The van der Waals surface area contributed by atoms with Crippen molar-refractivity contribution in [2.75, 3.05) is 0 Å². The largest absolute Gasteiger partial charge is 0.270 e. The molecule has 2 aromatic rings. The fourth-order valence-corrected chi connectivity index (χ4v) is 1.75. The molecule has 0 amide bonds. The average molecular weight is 243 g/mol. The second-order valence-corrected chi connectivity index (χ2v) is 4.45. The maximum Gasteiger partial charge on any atom is 0.131 e. The summed E-state index contributed by atoms with van der Waals surface area (Å²) in [5.74, 6) is -0.292. The third kappa shape index (κ3) is 2.40. The smallest absolute Gasteiger partial charge is 0.131 e. The summed E-state index contributed by atoms with van der Waals surface area (Å²) in [5.41, 5.74) is 2.04. The molecule has 0 aliphatic carbocycles. The highest BCUT2D eigenvalue weighted by Gasteiger charge is 2.09. The minimum absolute atomic E-state index is 0.240. The van der Waals surface area contributed by atoms with Crippen LogP contribution in [0.3, 0.4) is 0 Å². The lowest BCUT2D eigenvalue weighted by Crippen LogP contribution is -1.99. The van der Waals surface area contributed by atoms with Crippen molar-refractivity contribution < 1.29 is 4.39 Å². The summed E-state index contributed by atoms with van der Waals surface area (Å²) >= 11 is 0. The Hall–Kier alpha value is -2.15. The van der Waals surface area contributed by atoms with E-state index in [9.17, 15) is 4.39 Å². The standard InChI is InChI=1S/C14H14FN3/c1-10(2)18-9-12(8-17-18)13-7-11(5-6-16)3-4-14(13)15/h3-4,7-10H,5H2,1-2H3. The molecule has 18 heavy (non-hydrogen) atoms. The lowest BCUT2D eigenvalue weighted by Gasteiger charge is -2.04. The Kier molecular flexibility index (Phi) is 3.42. The minimum Gasteiger partial charge on any atom is -0.270 e. The molecule has 0 fully saturated rings. The van der Waals surface area contributed by atoms with Crippen LogP contribution < -0.4 is 0 Å². The predicted molar refractivity (Wildman–Crippen MR) is 67.3 cm³/mol. The second kappa shape index (κ2) is 5.01. The summed E-state index contributed by atoms with van der Waals surface area (Å²) < 4.78 is 15.6. The molecule has 0 aliphatic rings. The van der Waals surface area contributed by atoms with Crippen LogP contribution in [0.1, 0.15) is 25.5 Å². The predicted octanol–water partition coefficient (Wildman–Crippen LogP) is 3.34. The number of nitriles is 1. The molecule has 1 aromatic carbocycles. The van der Waals surface area contributed by atoms with Gasteiger partial charge in [0.1, 0.15) is 5.82 Å². The van der Waals surface area contributed by atoms with E-state index in [1.54, 1.807) is 23.0 Å². The first-order chi connectivity index (χ1) is 8.61. The molecular weight excluding hydrogens is 229 g/mol. The molecule has 1 heterocycles. The van der Waals surface area contributed by atoms with Crippen LogP contribution in [0.5, 0.6) is 0 Å². The van der Waals surface area contributed by atoms with Crippen molar-refractivity contribution in [3.8, 4) is 17.2 Å². The molecule has 0 radical (unpaired) electrons. The Labute approximate surface area is 105 Å². The highest BCUT2D eigenvalue weighted by Crippen LogP contribution is 2.24. The number of hydrogen-bond donors (Lipinski definition) is 0. The van der Waals surface area contributed by atoms with Crippen LogP contribution >= 0.6 is 0 Å². The monoisotopic (exact) mass is 243 g/mol. The molecule has 1 aromatic heterocycles. The molecule has 0 aliphatic heterocycles. The van der Waals surface area contributed by atoms with Gasteiger partial charge < -0.3 is 0 Å². The van der Waals surface area contributed by atoms with Gasteiger partial charge in [-0.05, 0) is 31.5 Å². The zero-order valence-electron chi connectivity index (χ0n) is 10.4. The first kappa shape index (κ1) is 12.3. The van der Waals surface area contributed by atoms with Gasteiger partial charge in [-0.2, -0.15) is 10.4 Å². The van der Waals surface area contributed by atoms with E-state index in [2.05, 4.69) is 11.2 Å². The molecule has 0 unspecified atom stereocenters. The lowest BCUT2D eigenvalue weighted by atomic mass is 10.0. The third-order valence-corrected chi connectivity index (χ3v) is 2.76. The first-order valence-corrected chi connectivity index (χ1v) is 5.81. The van der Waals surface area contributed by atoms with E-state index < -0.39 is 0 Å². The van der Waals surface area contributed by atoms with Crippen molar-refractivity contribution in [2.24, 2.45) is 0 Å². The number of benzene rings is 1. The topological polar surface area (TPSA) is 41.6 Å². The van der Waals surface area contributed by atoms with Crippen LogP contribution in [0.25, 0.3) is 11.1 Å². The van der Waals surface area contributed by atoms with Crippen molar-refractivity contribution in [3.63, 3.8) is 0 Å². The first-order valence-electron chi connectivity index (χ1n) is 5.81. The van der Waals surface area contributed by atoms with Gasteiger partial charge in [0, 0.05) is 23.4 Å². The molecule has 0 bridgehead atoms. The quantitative estimate of drug-likeness (QED) is 0.829. The Bertz CT molecular complexity index is 593. The van der Waals surface area contributed by atoms with Gasteiger partial charge >= 0.3 is 0 Å². The highest BCUT2D eigenvalue weighted by atomic mass is 19.1. The van der Waals surface area contributed by atoms with Crippen molar-refractivity contribution in [1.82, 2.24) is 9.78 Å². The van der Waals surface area contributed by atoms with E-state index in [4.69, 9.17) is 5.26 Å². The second-order valence-electron chi connectivity index (χ2n) is 4.45. The fourth-order valence-electron chi connectivity index (χ4n) is 1.75. The van der Waals surface area contributed by atoms with Gasteiger partial charge in [0.15, 0.2) is 0 Å². The maximum absolute atomic E-state index is 13.8. The molecular formula is C14H14FN3. The summed E-state index contributed by atoms with van der Waals surface area (Å²) in [6, 6.07) is 7.04. The normalized spacial score (nSPS) is 10.6. The van der Waals surface area contributed by atoms with E-state index in [1.165, 1.54) is 6.07 Å². The van der Waals surface area contributed by atoms with Crippen LogP contribution in [0.15, 0.2) is 30.6 Å². The van der Waals surface area contributed by atoms with Gasteiger partial charge in [-0.25, -0.2) is 4.39 Å². The third-order valence-electron chi connectivity index (χ3n) is 2.76. The molecule has 0 saturated carbocycles. The van der Waals surface area contributed by atoms with Crippen molar-refractivity contribution in [3.05, 3.63) is 42.0 Å². The number of aromatic nitrogens is 2. The summed E-state index contributed by atoms with van der Waals surface area (Å²) in [7, 11) is 0. The zero-order chi connectivity index (χ0) is 13.1. The van der Waals surface area contributed by atoms with Crippen LogP contribution in [0.2, 0.25) is 0 Å². The van der Waals surface area contributed by atoms with Crippen LogP contribution in [0, 0.1) is 17.1 Å². The van der Waals surface area contributed by atoms with Gasteiger partial charge in [0.05, 0.1) is 18.7 Å². The van der Waals surface area contributed by atoms with Gasteiger partial charge in [-0.3, -0.25) is 4.68 Å². The molecule has 4 heteroatoms. The molecule has 3 nitrogen and oxygen atoms in total.